The molecule has 1 amide bonds. The highest BCUT2D eigenvalue weighted by Gasteiger charge is 2.29. The summed E-state index contributed by atoms with van der Waals surface area (Å²) in [5.41, 5.74) is 0.901. The number of likely N-dealkylation sites (tertiary alicyclic amines) is 1. The Bertz CT molecular complexity index is 576. The number of rotatable bonds is 4. The predicted molar refractivity (Wildman–Crippen MR) is 96.8 cm³/mol. The fraction of sp³-hybridized carbons (Fsp3) is 0.611. The van der Waals surface area contributed by atoms with Crippen molar-refractivity contribution in [1.82, 2.24) is 9.80 Å². The van der Waals surface area contributed by atoms with Gasteiger partial charge >= 0.3 is 0 Å². The van der Waals surface area contributed by atoms with Crippen LogP contribution in [0.25, 0.3) is 0 Å². The smallest absolute Gasteiger partial charge is 0.227 e. The van der Waals surface area contributed by atoms with Gasteiger partial charge in [0.1, 0.15) is 0 Å². The lowest BCUT2D eigenvalue weighted by atomic mass is 10.1. The van der Waals surface area contributed by atoms with Gasteiger partial charge in [-0.1, -0.05) is 35.7 Å². The largest absolute Gasteiger partial charge is 0.377 e. The molecule has 0 spiro atoms. The van der Waals surface area contributed by atoms with Crippen LogP contribution in [0.15, 0.2) is 18.2 Å². The summed E-state index contributed by atoms with van der Waals surface area (Å²) in [7, 11) is 0. The van der Waals surface area contributed by atoms with Crippen LogP contribution in [0, 0.1) is 0 Å². The molecule has 6 heteroatoms. The highest BCUT2D eigenvalue weighted by atomic mass is 35.5. The third kappa shape index (κ3) is 4.63. The van der Waals surface area contributed by atoms with Crippen LogP contribution in [0.3, 0.4) is 0 Å². The van der Waals surface area contributed by atoms with Gasteiger partial charge in [0, 0.05) is 13.1 Å². The van der Waals surface area contributed by atoms with Gasteiger partial charge in [-0.05, 0) is 43.6 Å². The number of hydrogen-bond acceptors (Lipinski definition) is 3. The van der Waals surface area contributed by atoms with E-state index in [1.165, 1.54) is 19.3 Å². The molecule has 0 aromatic heterocycles. The van der Waals surface area contributed by atoms with E-state index >= 15 is 0 Å². The highest BCUT2D eigenvalue weighted by Crippen LogP contribution is 2.23. The number of nitrogens with zero attached hydrogens (tertiary/aromatic N) is 2. The summed E-state index contributed by atoms with van der Waals surface area (Å²) in [6.07, 6.45) is 4.18. The van der Waals surface area contributed by atoms with Crippen molar-refractivity contribution in [3.63, 3.8) is 0 Å². The van der Waals surface area contributed by atoms with Crippen LogP contribution in [-0.4, -0.2) is 61.1 Å². The van der Waals surface area contributed by atoms with Crippen LogP contribution in [0.5, 0.6) is 0 Å². The van der Waals surface area contributed by atoms with E-state index in [9.17, 15) is 4.79 Å². The van der Waals surface area contributed by atoms with Crippen LogP contribution >= 0.6 is 23.2 Å². The number of piperidine rings is 1. The molecule has 3 rings (SSSR count). The second kappa shape index (κ2) is 8.52. The van der Waals surface area contributed by atoms with Crippen molar-refractivity contribution >= 4 is 29.1 Å². The maximum absolute atomic E-state index is 12.8. The second-order valence-corrected chi connectivity index (χ2v) is 7.42. The molecule has 2 heterocycles. The molecule has 2 aliphatic heterocycles. The third-order valence-electron chi connectivity index (χ3n) is 4.80. The van der Waals surface area contributed by atoms with Gasteiger partial charge in [0.05, 0.1) is 35.7 Å². The fourth-order valence-electron chi connectivity index (χ4n) is 3.50. The summed E-state index contributed by atoms with van der Waals surface area (Å²) >= 11 is 12.0. The van der Waals surface area contributed by atoms with Gasteiger partial charge in [-0.25, -0.2) is 0 Å². The molecular formula is C18H24Cl2N2O2. The molecule has 2 saturated heterocycles. The average Bonchev–Trinajstić information content (AvgIpc) is 2.59. The van der Waals surface area contributed by atoms with Crippen molar-refractivity contribution in [2.75, 3.05) is 39.4 Å². The van der Waals surface area contributed by atoms with Crippen molar-refractivity contribution in [2.24, 2.45) is 0 Å². The first-order valence-corrected chi connectivity index (χ1v) is 9.42. The van der Waals surface area contributed by atoms with Crippen LogP contribution < -0.4 is 0 Å². The van der Waals surface area contributed by atoms with Crippen molar-refractivity contribution in [3.8, 4) is 0 Å². The number of benzene rings is 1. The minimum absolute atomic E-state index is 0.138. The van der Waals surface area contributed by atoms with Crippen molar-refractivity contribution < 1.29 is 9.53 Å². The number of carbonyl (C=O) groups is 1. The Balaban J connectivity index is 1.62. The summed E-state index contributed by atoms with van der Waals surface area (Å²) < 4.78 is 5.63. The van der Waals surface area contributed by atoms with Gasteiger partial charge in [0.15, 0.2) is 0 Å². The SMILES string of the molecule is O=C(Cc1ccc(Cl)c(Cl)c1)N1CCOCC1CN1CCCCC1. The maximum atomic E-state index is 12.8. The Hall–Kier alpha value is -0.810. The molecule has 0 aliphatic carbocycles. The van der Waals surface area contributed by atoms with E-state index in [2.05, 4.69) is 4.90 Å². The molecule has 2 aliphatic rings. The second-order valence-electron chi connectivity index (χ2n) is 6.60. The van der Waals surface area contributed by atoms with Crippen LogP contribution in [0.4, 0.5) is 0 Å². The zero-order valence-electron chi connectivity index (χ0n) is 13.8. The zero-order valence-corrected chi connectivity index (χ0v) is 15.4. The highest BCUT2D eigenvalue weighted by molar-refractivity contribution is 6.42. The summed E-state index contributed by atoms with van der Waals surface area (Å²) in [5, 5.41) is 1.01. The molecule has 0 radical (unpaired) electrons. The maximum Gasteiger partial charge on any atom is 0.227 e. The average molecular weight is 371 g/mol. The Labute approximate surface area is 153 Å². The molecule has 1 atom stereocenters. The molecule has 1 aromatic rings. The van der Waals surface area contributed by atoms with E-state index in [1.54, 1.807) is 12.1 Å². The predicted octanol–water partition coefficient (Wildman–Crippen LogP) is 3.25. The Kier molecular flexibility index (Phi) is 6.39. The van der Waals surface area contributed by atoms with Gasteiger partial charge in [0.2, 0.25) is 5.91 Å². The Morgan fingerprint density at radius 1 is 1.12 bits per heavy atom. The first kappa shape index (κ1) is 18.0. The molecule has 1 unspecified atom stereocenters. The summed E-state index contributed by atoms with van der Waals surface area (Å²) in [5.74, 6) is 0.138. The molecule has 0 N–H and O–H groups in total. The van der Waals surface area contributed by atoms with Crippen molar-refractivity contribution in [2.45, 2.75) is 31.7 Å². The first-order valence-electron chi connectivity index (χ1n) is 8.67. The van der Waals surface area contributed by atoms with Crippen LogP contribution in [0.2, 0.25) is 10.0 Å². The van der Waals surface area contributed by atoms with E-state index in [-0.39, 0.29) is 11.9 Å². The van der Waals surface area contributed by atoms with Gasteiger partial charge in [-0.15, -0.1) is 0 Å². The number of ether oxygens (including phenoxy) is 1. The molecule has 2 fully saturated rings. The number of halogens is 2. The van der Waals surface area contributed by atoms with E-state index in [0.717, 1.165) is 25.2 Å². The van der Waals surface area contributed by atoms with Crippen molar-refractivity contribution in [3.05, 3.63) is 33.8 Å². The van der Waals surface area contributed by atoms with Gasteiger partial charge in [-0.3, -0.25) is 4.79 Å². The van der Waals surface area contributed by atoms with E-state index in [4.69, 9.17) is 27.9 Å². The lowest BCUT2D eigenvalue weighted by molar-refractivity contribution is -0.140. The monoisotopic (exact) mass is 370 g/mol. The molecule has 24 heavy (non-hydrogen) atoms. The standard InChI is InChI=1S/C18H24Cl2N2O2/c19-16-5-4-14(10-17(16)20)11-18(23)22-8-9-24-13-15(22)12-21-6-2-1-3-7-21/h4-5,10,15H,1-3,6-9,11-13H2. The summed E-state index contributed by atoms with van der Waals surface area (Å²) in [6, 6.07) is 5.54. The van der Waals surface area contributed by atoms with Crippen molar-refractivity contribution in [1.29, 1.82) is 0 Å². The van der Waals surface area contributed by atoms with E-state index < -0.39 is 0 Å². The third-order valence-corrected chi connectivity index (χ3v) is 5.54. The minimum Gasteiger partial charge on any atom is -0.377 e. The van der Waals surface area contributed by atoms with E-state index in [0.29, 0.717) is 36.2 Å². The quantitative estimate of drug-likeness (QED) is 0.815. The fourth-order valence-corrected chi connectivity index (χ4v) is 3.82. The number of amides is 1. The first-order chi connectivity index (χ1) is 11.6. The molecule has 0 bridgehead atoms. The molecule has 0 saturated carbocycles. The molecule has 1 aromatic carbocycles. The number of morpholine rings is 1. The lowest BCUT2D eigenvalue weighted by Gasteiger charge is -2.39. The Morgan fingerprint density at radius 2 is 1.92 bits per heavy atom. The minimum atomic E-state index is 0.138. The molecular weight excluding hydrogens is 347 g/mol. The van der Waals surface area contributed by atoms with Crippen LogP contribution in [0.1, 0.15) is 24.8 Å². The topological polar surface area (TPSA) is 32.8 Å². The van der Waals surface area contributed by atoms with Gasteiger partial charge in [-0.2, -0.15) is 0 Å². The van der Waals surface area contributed by atoms with Gasteiger partial charge in [0.25, 0.3) is 0 Å². The molecule has 4 nitrogen and oxygen atoms in total. The number of carbonyl (C=O) groups excluding carboxylic acids is 1. The van der Waals surface area contributed by atoms with Crippen LogP contribution in [-0.2, 0) is 16.0 Å². The Morgan fingerprint density at radius 3 is 2.67 bits per heavy atom. The zero-order chi connectivity index (χ0) is 16.9. The molecule has 132 valence electrons. The summed E-state index contributed by atoms with van der Waals surface area (Å²) in [4.78, 5) is 17.2. The summed E-state index contributed by atoms with van der Waals surface area (Å²) in [6.45, 7) is 5.08. The number of hydrogen-bond donors (Lipinski definition) is 0. The normalized spacial score (nSPS) is 22.6. The van der Waals surface area contributed by atoms with Gasteiger partial charge < -0.3 is 14.5 Å². The lowest BCUT2D eigenvalue weighted by Crippen LogP contribution is -2.54. The van der Waals surface area contributed by atoms with E-state index in [1.807, 2.05) is 11.0 Å².